The van der Waals surface area contributed by atoms with E-state index in [0.717, 1.165) is 0 Å². The molecule has 1 aliphatic heterocycles. The number of amides is 2. The molecule has 2 heterocycles. The molecule has 2 aromatic rings. The molecular formula is C18H15F3N4O3. The van der Waals surface area contributed by atoms with Crippen molar-refractivity contribution in [1.82, 2.24) is 9.88 Å². The summed E-state index contributed by atoms with van der Waals surface area (Å²) in [4.78, 5) is 32.3. The number of amidine groups is 1. The van der Waals surface area contributed by atoms with Gasteiger partial charge in [-0.3, -0.25) is 9.59 Å². The molecule has 0 saturated carbocycles. The molecule has 0 radical (unpaired) electrons. The minimum atomic E-state index is -5.11. The van der Waals surface area contributed by atoms with Gasteiger partial charge in [-0.15, -0.1) is 0 Å². The van der Waals surface area contributed by atoms with Crippen LogP contribution in [0, 0.1) is 0 Å². The molecule has 0 unspecified atom stereocenters. The van der Waals surface area contributed by atoms with Crippen molar-refractivity contribution in [1.29, 1.82) is 0 Å². The molecule has 1 aromatic heterocycles. The highest BCUT2D eigenvalue weighted by Crippen LogP contribution is 2.26. The average molecular weight is 392 g/mol. The number of hydrogen-bond acceptors (Lipinski definition) is 4. The predicted molar refractivity (Wildman–Crippen MR) is 92.6 cm³/mol. The van der Waals surface area contributed by atoms with Crippen molar-refractivity contribution in [2.45, 2.75) is 19.3 Å². The molecular weight excluding hydrogens is 377 g/mol. The summed E-state index contributed by atoms with van der Waals surface area (Å²) in [6.07, 6.45) is -5.11. The summed E-state index contributed by atoms with van der Waals surface area (Å²) in [6.45, 7) is 0.544. The molecule has 0 aliphatic carbocycles. The molecule has 1 aromatic carbocycles. The Kier molecular flexibility index (Phi) is 5.04. The molecule has 146 valence electrons. The highest BCUT2D eigenvalue weighted by molar-refractivity contribution is 6.07. The number of ether oxygens (including phenoxy) is 1. The second-order valence-electron chi connectivity index (χ2n) is 6.00. The molecule has 0 fully saturated rings. The van der Waals surface area contributed by atoms with Crippen molar-refractivity contribution in [3.63, 3.8) is 0 Å². The zero-order chi connectivity index (χ0) is 20.5. The van der Waals surface area contributed by atoms with Gasteiger partial charge in [0.25, 0.3) is 5.91 Å². The summed E-state index contributed by atoms with van der Waals surface area (Å²) in [7, 11) is 1.49. The quantitative estimate of drug-likeness (QED) is 0.634. The number of nitrogens with zero attached hydrogens (tertiary/aromatic N) is 3. The lowest BCUT2D eigenvalue weighted by Crippen LogP contribution is -2.25. The van der Waals surface area contributed by atoms with Gasteiger partial charge in [0, 0.05) is 23.7 Å². The first-order valence-electron chi connectivity index (χ1n) is 8.07. The molecule has 2 amide bonds. The third-order valence-electron chi connectivity index (χ3n) is 4.09. The highest BCUT2D eigenvalue weighted by atomic mass is 19.4. The summed E-state index contributed by atoms with van der Waals surface area (Å²) in [6, 6.07) is 9.50. The number of pyridine rings is 1. The van der Waals surface area contributed by atoms with Crippen LogP contribution in [0.4, 0.5) is 13.2 Å². The van der Waals surface area contributed by atoms with E-state index in [9.17, 15) is 22.8 Å². The number of fused-ring (bicyclic) bond motifs is 1. The van der Waals surface area contributed by atoms with Crippen molar-refractivity contribution < 1.29 is 27.5 Å². The number of alkyl halides is 3. The van der Waals surface area contributed by atoms with Crippen molar-refractivity contribution in [2.75, 3.05) is 7.11 Å². The number of halogens is 3. The van der Waals surface area contributed by atoms with Crippen molar-refractivity contribution >= 4 is 17.6 Å². The molecule has 0 saturated heterocycles. The number of nitrogens with two attached hydrogens (primary N) is 1. The number of aliphatic imine (C=N–C) groups is 1. The third-order valence-corrected chi connectivity index (χ3v) is 4.09. The monoisotopic (exact) mass is 392 g/mol. The number of carbonyl (C=O) groups excluding carboxylic acids is 2. The average Bonchev–Trinajstić information content (AvgIpc) is 2.96. The van der Waals surface area contributed by atoms with E-state index in [2.05, 4.69) is 9.98 Å². The van der Waals surface area contributed by atoms with Gasteiger partial charge < -0.3 is 15.4 Å². The molecule has 0 bridgehead atoms. The first-order valence-corrected chi connectivity index (χ1v) is 8.07. The van der Waals surface area contributed by atoms with Gasteiger partial charge in [0.05, 0.1) is 19.3 Å². The second kappa shape index (κ2) is 7.29. The van der Waals surface area contributed by atoms with E-state index in [0.29, 0.717) is 23.7 Å². The maximum atomic E-state index is 12.7. The van der Waals surface area contributed by atoms with Crippen LogP contribution < -0.4 is 10.5 Å². The van der Waals surface area contributed by atoms with Crippen molar-refractivity contribution in [3.8, 4) is 5.88 Å². The van der Waals surface area contributed by atoms with Gasteiger partial charge in [0.2, 0.25) is 5.88 Å². The summed E-state index contributed by atoms with van der Waals surface area (Å²) in [5.41, 5.74) is 7.16. The minimum Gasteiger partial charge on any atom is -0.481 e. The summed E-state index contributed by atoms with van der Waals surface area (Å²) in [5, 5.41) is 0. The zero-order valence-corrected chi connectivity index (χ0v) is 14.7. The SMILES string of the molecule is COc1cccc(CN2Cc3ccc(C(N)=NC(=O)C(F)(F)F)cc3C2=O)n1. The van der Waals surface area contributed by atoms with E-state index in [1.807, 2.05) is 0 Å². The third kappa shape index (κ3) is 3.95. The topological polar surface area (TPSA) is 97.9 Å². The Balaban J connectivity index is 1.81. The highest BCUT2D eigenvalue weighted by Gasteiger charge is 2.39. The molecule has 1 aliphatic rings. The zero-order valence-electron chi connectivity index (χ0n) is 14.7. The Bertz CT molecular complexity index is 973. The molecule has 7 nitrogen and oxygen atoms in total. The van der Waals surface area contributed by atoms with Crippen LogP contribution in [0.2, 0.25) is 0 Å². The molecule has 0 atom stereocenters. The van der Waals surface area contributed by atoms with Gasteiger partial charge in [0.15, 0.2) is 0 Å². The standard InChI is InChI=1S/C18H15F3N4O3/c1-28-14-4-2-3-12(23-14)9-25-8-11-6-5-10(7-13(11)16(25)26)15(22)24-17(27)18(19,20)21/h2-7H,8-9H2,1H3,(H2,22,24,27). The Morgan fingerprint density at radius 2 is 2.07 bits per heavy atom. The number of carbonyl (C=O) groups is 2. The maximum absolute atomic E-state index is 12.7. The van der Waals surface area contributed by atoms with Crippen LogP contribution in [-0.2, 0) is 17.9 Å². The van der Waals surface area contributed by atoms with E-state index >= 15 is 0 Å². The van der Waals surface area contributed by atoms with Crippen molar-refractivity contribution in [3.05, 3.63) is 58.8 Å². The fourth-order valence-corrected chi connectivity index (χ4v) is 2.74. The van der Waals surface area contributed by atoms with E-state index in [4.69, 9.17) is 10.5 Å². The van der Waals surface area contributed by atoms with Crippen LogP contribution in [0.5, 0.6) is 5.88 Å². The van der Waals surface area contributed by atoms with E-state index in [-0.39, 0.29) is 23.6 Å². The number of rotatable bonds is 4. The van der Waals surface area contributed by atoms with Crippen LogP contribution in [0.15, 0.2) is 41.4 Å². The van der Waals surface area contributed by atoms with Crippen LogP contribution in [0.1, 0.15) is 27.2 Å². The minimum absolute atomic E-state index is 0.0612. The Hall–Kier alpha value is -3.43. The van der Waals surface area contributed by atoms with Crippen molar-refractivity contribution in [2.24, 2.45) is 10.7 Å². The Morgan fingerprint density at radius 1 is 1.32 bits per heavy atom. The van der Waals surface area contributed by atoms with Crippen LogP contribution in [0.3, 0.4) is 0 Å². The Morgan fingerprint density at radius 3 is 2.75 bits per heavy atom. The van der Waals surface area contributed by atoms with Crippen LogP contribution in [0.25, 0.3) is 0 Å². The lowest BCUT2D eigenvalue weighted by Gasteiger charge is -2.15. The predicted octanol–water partition coefficient (Wildman–Crippen LogP) is 2.04. The largest absolute Gasteiger partial charge is 0.481 e. The van der Waals surface area contributed by atoms with Gasteiger partial charge in [-0.05, 0) is 17.7 Å². The summed E-state index contributed by atoms with van der Waals surface area (Å²) < 4.78 is 42.1. The van der Waals surface area contributed by atoms with E-state index in [1.54, 1.807) is 24.3 Å². The Labute approximate surface area is 157 Å². The van der Waals surface area contributed by atoms with Gasteiger partial charge >= 0.3 is 12.1 Å². The van der Waals surface area contributed by atoms with E-state index in [1.165, 1.54) is 24.1 Å². The second-order valence-corrected chi connectivity index (χ2v) is 6.00. The number of aromatic nitrogens is 1. The van der Waals surface area contributed by atoms with Crippen LogP contribution >= 0.6 is 0 Å². The fourth-order valence-electron chi connectivity index (χ4n) is 2.74. The number of methoxy groups -OCH3 is 1. The molecule has 3 rings (SSSR count). The normalized spacial score (nSPS) is 14.2. The molecule has 0 spiro atoms. The fraction of sp³-hybridized carbons (Fsp3) is 0.222. The lowest BCUT2D eigenvalue weighted by molar-refractivity contribution is -0.169. The van der Waals surface area contributed by atoms with E-state index < -0.39 is 17.9 Å². The summed E-state index contributed by atoms with van der Waals surface area (Å²) in [5.74, 6) is -2.81. The van der Waals surface area contributed by atoms with Gasteiger partial charge in [-0.2, -0.15) is 18.2 Å². The summed E-state index contributed by atoms with van der Waals surface area (Å²) >= 11 is 0. The first kappa shape index (κ1) is 19.3. The van der Waals surface area contributed by atoms with Crippen LogP contribution in [-0.4, -0.2) is 40.8 Å². The molecule has 10 heteroatoms. The molecule has 28 heavy (non-hydrogen) atoms. The van der Waals surface area contributed by atoms with Gasteiger partial charge in [-0.25, -0.2) is 4.98 Å². The number of hydrogen-bond donors (Lipinski definition) is 1. The van der Waals surface area contributed by atoms with Gasteiger partial charge in [-0.1, -0.05) is 18.2 Å². The maximum Gasteiger partial charge on any atom is 0.473 e. The number of benzene rings is 1. The van der Waals surface area contributed by atoms with Gasteiger partial charge in [0.1, 0.15) is 5.84 Å². The lowest BCUT2D eigenvalue weighted by atomic mass is 10.1. The smallest absolute Gasteiger partial charge is 0.473 e. The molecule has 2 N–H and O–H groups in total. The first-order chi connectivity index (χ1) is 13.2.